The van der Waals surface area contributed by atoms with Gasteiger partial charge in [-0.1, -0.05) is 59.6 Å². The van der Waals surface area contributed by atoms with Gasteiger partial charge in [0.25, 0.3) is 0 Å². The molecule has 4 aromatic rings. The normalized spacial score (nSPS) is 18.2. The van der Waals surface area contributed by atoms with Gasteiger partial charge in [0, 0.05) is 28.8 Å². The van der Waals surface area contributed by atoms with Crippen molar-refractivity contribution in [1.82, 2.24) is 25.3 Å². The van der Waals surface area contributed by atoms with E-state index in [-0.39, 0.29) is 12.4 Å². The summed E-state index contributed by atoms with van der Waals surface area (Å²) in [5.74, 6) is 1.12. The standard InChI is InChI=1S/C31H29Cl2N7O4/c1-43-30-27(22-10-9-16(41)11-34-22)35-14-23(39-30)20-7-3-5-18(25(20)32)19-6-4-8-21(26(19)33)24-15-36-28(31(40-24)44-2)29-37-12-17(42)13-38-29/h3-8,14-17,41-42H,9-13H2,1-2H3,(H,37,38). The number of halogens is 2. The Hall–Kier alpha value is -4.16. The Kier molecular flexibility index (Phi) is 8.72. The summed E-state index contributed by atoms with van der Waals surface area (Å²) in [6.07, 6.45) is 3.46. The first kappa shape index (κ1) is 29.9. The van der Waals surface area contributed by atoms with Crippen LogP contribution in [0.15, 0.2) is 58.8 Å². The lowest BCUT2D eigenvalue weighted by Crippen LogP contribution is -2.39. The Morgan fingerprint density at radius 1 is 0.750 bits per heavy atom. The molecule has 2 aliphatic rings. The summed E-state index contributed by atoms with van der Waals surface area (Å²) in [5, 5.41) is 23.5. The number of hydrogen-bond acceptors (Lipinski definition) is 11. The maximum atomic E-state index is 9.81. The second kappa shape index (κ2) is 12.8. The van der Waals surface area contributed by atoms with Crippen molar-refractivity contribution in [3.05, 3.63) is 70.2 Å². The first-order chi connectivity index (χ1) is 21.4. The fraction of sp³-hybridized carbons (Fsp3) is 0.290. The first-order valence-electron chi connectivity index (χ1n) is 14.0. The zero-order chi connectivity index (χ0) is 30.8. The van der Waals surface area contributed by atoms with Crippen LogP contribution in [0.3, 0.4) is 0 Å². The molecular formula is C31H29Cl2N7O4. The maximum Gasteiger partial charge on any atom is 0.244 e. The summed E-state index contributed by atoms with van der Waals surface area (Å²) in [5.41, 5.74) is 5.47. The van der Waals surface area contributed by atoms with Crippen LogP contribution in [-0.4, -0.2) is 87.8 Å². The van der Waals surface area contributed by atoms with Crippen molar-refractivity contribution in [1.29, 1.82) is 0 Å². The number of ether oxygens (including phenoxy) is 2. The number of aliphatic hydroxyl groups excluding tert-OH is 2. The van der Waals surface area contributed by atoms with Gasteiger partial charge >= 0.3 is 0 Å². The van der Waals surface area contributed by atoms with Crippen LogP contribution in [0.5, 0.6) is 11.8 Å². The quantitative estimate of drug-likeness (QED) is 0.272. The van der Waals surface area contributed by atoms with Crippen LogP contribution >= 0.6 is 23.2 Å². The summed E-state index contributed by atoms with van der Waals surface area (Å²) >= 11 is 14.0. The van der Waals surface area contributed by atoms with Crippen molar-refractivity contribution >= 4 is 34.7 Å². The number of nitrogens with one attached hydrogen (secondary N) is 1. The average Bonchev–Trinajstić information content (AvgIpc) is 3.05. The zero-order valence-corrected chi connectivity index (χ0v) is 25.5. The van der Waals surface area contributed by atoms with Crippen LogP contribution in [-0.2, 0) is 0 Å². The van der Waals surface area contributed by atoms with Gasteiger partial charge in [-0.15, -0.1) is 0 Å². The van der Waals surface area contributed by atoms with Crippen LogP contribution in [0, 0.1) is 0 Å². The Bertz CT molecular complexity index is 1650. The smallest absolute Gasteiger partial charge is 0.244 e. The molecule has 3 N–H and O–H groups in total. The van der Waals surface area contributed by atoms with Gasteiger partial charge in [-0.2, -0.15) is 0 Å². The van der Waals surface area contributed by atoms with Crippen molar-refractivity contribution in [3.8, 4) is 45.4 Å². The van der Waals surface area contributed by atoms with E-state index in [4.69, 9.17) is 37.7 Å². The van der Waals surface area contributed by atoms with E-state index in [1.165, 1.54) is 14.2 Å². The number of β-amino-alcohol motifs (C(OH)–C–C–N with tert-alkyl or cyclic N) is 1. The third-order valence-corrected chi connectivity index (χ3v) is 8.19. The molecule has 44 heavy (non-hydrogen) atoms. The number of aromatic nitrogens is 4. The summed E-state index contributed by atoms with van der Waals surface area (Å²) in [6.45, 7) is 0.961. The molecule has 2 aromatic carbocycles. The lowest BCUT2D eigenvalue weighted by Gasteiger charge is -2.19. The Morgan fingerprint density at radius 3 is 1.82 bits per heavy atom. The molecule has 4 heterocycles. The first-order valence-corrected chi connectivity index (χ1v) is 14.7. The number of aliphatic imine (C=N–C) groups is 2. The maximum absolute atomic E-state index is 9.81. The molecule has 226 valence electrons. The molecule has 0 bridgehead atoms. The largest absolute Gasteiger partial charge is 0.479 e. The number of benzene rings is 2. The predicted molar refractivity (Wildman–Crippen MR) is 169 cm³/mol. The van der Waals surface area contributed by atoms with Crippen LogP contribution in [0.25, 0.3) is 33.6 Å². The van der Waals surface area contributed by atoms with Crippen LogP contribution < -0.4 is 14.8 Å². The summed E-state index contributed by atoms with van der Waals surface area (Å²) < 4.78 is 11.1. The molecule has 0 amide bonds. The van der Waals surface area contributed by atoms with E-state index in [0.717, 1.165) is 5.71 Å². The Morgan fingerprint density at radius 2 is 1.30 bits per heavy atom. The molecule has 2 aliphatic heterocycles. The van der Waals surface area contributed by atoms with E-state index >= 15 is 0 Å². The zero-order valence-electron chi connectivity index (χ0n) is 24.0. The highest BCUT2D eigenvalue weighted by molar-refractivity contribution is 6.39. The molecule has 2 unspecified atom stereocenters. The van der Waals surface area contributed by atoms with Crippen molar-refractivity contribution in [2.24, 2.45) is 9.98 Å². The molecule has 0 saturated heterocycles. The van der Waals surface area contributed by atoms with Crippen LogP contribution in [0.2, 0.25) is 10.0 Å². The van der Waals surface area contributed by atoms with Gasteiger partial charge in [0.15, 0.2) is 11.5 Å². The van der Waals surface area contributed by atoms with Gasteiger partial charge in [0.1, 0.15) is 5.69 Å². The monoisotopic (exact) mass is 633 g/mol. The van der Waals surface area contributed by atoms with Crippen molar-refractivity contribution in [2.75, 3.05) is 33.9 Å². The molecular weight excluding hydrogens is 605 g/mol. The second-order valence-electron chi connectivity index (χ2n) is 10.3. The molecule has 11 nitrogen and oxygen atoms in total. The lowest BCUT2D eigenvalue weighted by atomic mass is 9.98. The number of nitrogens with zero attached hydrogens (tertiary/aromatic N) is 6. The summed E-state index contributed by atoms with van der Waals surface area (Å²) in [7, 11) is 3.04. The highest BCUT2D eigenvalue weighted by atomic mass is 35.5. The predicted octanol–water partition coefficient (Wildman–Crippen LogP) is 4.25. The van der Waals surface area contributed by atoms with E-state index in [0.29, 0.717) is 92.7 Å². The van der Waals surface area contributed by atoms with E-state index < -0.39 is 12.2 Å². The lowest BCUT2D eigenvalue weighted by molar-refractivity contribution is 0.171. The number of rotatable bonds is 7. The third kappa shape index (κ3) is 5.83. The molecule has 6 rings (SSSR count). The number of methoxy groups -OCH3 is 2. The van der Waals surface area contributed by atoms with E-state index in [9.17, 15) is 10.2 Å². The number of aliphatic hydroxyl groups is 2. The van der Waals surface area contributed by atoms with Crippen LogP contribution in [0.1, 0.15) is 24.2 Å². The van der Waals surface area contributed by atoms with Crippen LogP contribution in [0.4, 0.5) is 0 Å². The molecule has 0 spiro atoms. The highest BCUT2D eigenvalue weighted by Crippen LogP contribution is 2.42. The fourth-order valence-electron chi connectivity index (χ4n) is 5.10. The minimum absolute atomic E-state index is 0.269. The van der Waals surface area contributed by atoms with E-state index in [1.54, 1.807) is 12.4 Å². The summed E-state index contributed by atoms with van der Waals surface area (Å²) in [6, 6.07) is 11.2. The van der Waals surface area contributed by atoms with E-state index in [2.05, 4.69) is 30.3 Å². The Labute approximate surface area is 263 Å². The minimum Gasteiger partial charge on any atom is -0.479 e. The number of hydrogen-bond donors (Lipinski definition) is 3. The highest BCUT2D eigenvalue weighted by Gasteiger charge is 2.23. The van der Waals surface area contributed by atoms with Crippen molar-refractivity contribution in [3.63, 3.8) is 0 Å². The molecule has 0 fully saturated rings. The molecule has 2 aromatic heterocycles. The molecule has 2 atom stereocenters. The molecule has 0 aliphatic carbocycles. The third-order valence-electron chi connectivity index (χ3n) is 7.38. The molecule has 0 radical (unpaired) electrons. The molecule has 0 saturated carbocycles. The van der Waals surface area contributed by atoms with E-state index in [1.807, 2.05) is 36.4 Å². The fourth-order valence-corrected chi connectivity index (χ4v) is 5.75. The SMILES string of the molecule is COc1nc(-c2cccc(-c3cccc(-c4cnc(C5=NCC(O)CN5)c(OC)n4)c3Cl)c2Cl)cnc1C1=NCC(O)CC1. The van der Waals surface area contributed by atoms with Gasteiger partial charge in [0.05, 0.1) is 79.1 Å². The summed E-state index contributed by atoms with van der Waals surface area (Å²) in [4.78, 5) is 27.3. The van der Waals surface area contributed by atoms with Gasteiger partial charge in [-0.05, 0) is 12.8 Å². The topological polar surface area (TPSA) is 147 Å². The van der Waals surface area contributed by atoms with Crippen molar-refractivity contribution in [2.45, 2.75) is 25.0 Å². The molecule has 13 heteroatoms. The van der Waals surface area contributed by atoms with Crippen molar-refractivity contribution < 1.29 is 19.7 Å². The van der Waals surface area contributed by atoms with Gasteiger partial charge in [-0.25, -0.2) is 19.9 Å². The van der Waals surface area contributed by atoms with Gasteiger partial charge < -0.3 is 25.0 Å². The van der Waals surface area contributed by atoms with Gasteiger partial charge in [0.2, 0.25) is 11.8 Å². The minimum atomic E-state index is -0.551. The van der Waals surface area contributed by atoms with Gasteiger partial charge in [-0.3, -0.25) is 9.98 Å². The average molecular weight is 635 g/mol. The Balaban J connectivity index is 1.35. The second-order valence-corrected chi connectivity index (χ2v) is 11.0. The number of amidine groups is 1.